The highest BCUT2D eigenvalue weighted by Gasteiger charge is 2.12. The number of rotatable bonds is 2. The van der Waals surface area contributed by atoms with Gasteiger partial charge in [0, 0.05) is 30.4 Å². The molecule has 0 aliphatic carbocycles. The third-order valence-corrected chi connectivity index (χ3v) is 3.70. The summed E-state index contributed by atoms with van der Waals surface area (Å²) in [5, 5.41) is 14.0. The van der Waals surface area contributed by atoms with Crippen molar-refractivity contribution in [1.82, 2.24) is 15.2 Å². The Kier molecular flexibility index (Phi) is 3.06. The fraction of sp³-hybridized carbons (Fsp3) is 0.188. The number of benzene rings is 1. The van der Waals surface area contributed by atoms with Crippen LogP contribution in [0.2, 0.25) is 0 Å². The lowest BCUT2D eigenvalue weighted by Gasteiger charge is -2.12. The van der Waals surface area contributed by atoms with Gasteiger partial charge in [0.2, 0.25) is 0 Å². The third kappa shape index (κ3) is 1.90. The van der Waals surface area contributed by atoms with Gasteiger partial charge in [-0.05, 0) is 36.4 Å². The molecule has 0 amide bonds. The van der Waals surface area contributed by atoms with Gasteiger partial charge in [0.15, 0.2) is 5.82 Å². The van der Waals surface area contributed by atoms with Crippen molar-refractivity contribution in [3.8, 4) is 11.3 Å². The van der Waals surface area contributed by atoms with Crippen molar-refractivity contribution in [2.45, 2.75) is 13.8 Å². The lowest BCUT2D eigenvalue weighted by Crippen LogP contribution is -2.02. The van der Waals surface area contributed by atoms with Crippen LogP contribution in [0.5, 0.6) is 0 Å². The number of hydrogen-bond acceptors (Lipinski definition) is 4. The van der Waals surface area contributed by atoms with Crippen molar-refractivity contribution in [2.75, 3.05) is 12.4 Å². The van der Waals surface area contributed by atoms with Gasteiger partial charge in [-0.25, -0.2) is 0 Å². The summed E-state index contributed by atoms with van der Waals surface area (Å²) in [6, 6.07) is 8.20. The molecule has 0 radical (unpaired) electrons. The number of nitrogens with one attached hydrogen (secondary N) is 1. The van der Waals surface area contributed by atoms with Gasteiger partial charge in [-0.3, -0.25) is 4.98 Å². The molecule has 3 rings (SSSR count). The summed E-state index contributed by atoms with van der Waals surface area (Å²) in [4.78, 5) is 4.22. The molecule has 0 unspecified atom stereocenters. The zero-order valence-electron chi connectivity index (χ0n) is 11.8. The quantitative estimate of drug-likeness (QED) is 0.771. The summed E-state index contributed by atoms with van der Waals surface area (Å²) in [5.41, 5.74) is 4.26. The molecular weight excluding hydrogens is 248 g/mol. The van der Waals surface area contributed by atoms with Gasteiger partial charge in [-0.2, -0.15) is 0 Å². The number of anilines is 1. The predicted molar refractivity (Wildman–Crippen MR) is 81.8 cm³/mol. The van der Waals surface area contributed by atoms with Crippen LogP contribution in [0.25, 0.3) is 22.0 Å². The molecule has 3 aromatic rings. The van der Waals surface area contributed by atoms with Crippen LogP contribution < -0.4 is 5.32 Å². The van der Waals surface area contributed by atoms with E-state index in [0.717, 1.165) is 39.0 Å². The normalized spacial score (nSPS) is 10.8. The molecule has 2 aromatic heterocycles. The number of hydrogen-bond donors (Lipinski definition) is 1. The lowest BCUT2D eigenvalue weighted by molar-refractivity contribution is 1.01. The van der Waals surface area contributed by atoms with E-state index >= 15 is 0 Å². The van der Waals surface area contributed by atoms with Crippen LogP contribution in [0.4, 0.5) is 5.82 Å². The minimum atomic E-state index is 0.824. The summed E-state index contributed by atoms with van der Waals surface area (Å²) < 4.78 is 0. The molecule has 1 aromatic carbocycles. The number of aromatic nitrogens is 3. The maximum absolute atomic E-state index is 4.39. The largest absolute Gasteiger partial charge is 0.371 e. The van der Waals surface area contributed by atoms with Crippen molar-refractivity contribution < 1.29 is 0 Å². The van der Waals surface area contributed by atoms with Crippen molar-refractivity contribution in [2.24, 2.45) is 0 Å². The molecule has 0 saturated carbocycles. The van der Waals surface area contributed by atoms with Gasteiger partial charge >= 0.3 is 0 Å². The second-order valence-corrected chi connectivity index (χ2v) is 4.80. The molecule has 100 valence electrons. The summed E-state index contributed by atoms with van der Waals surface area (Å²) >= 11 is 0. The summed E-state index contributed by atoms with van der Waals surface area (Å²) in [6.45, 7) is 4.14. The average Bonchev–Trinajstić information content (AvgIpc) is 2.50. The molecule has 0 bridgehead atoms. The minimum Gasteiger partial charge on any atom is -0.371 e. The Morgan fingerprint density at radius 2 is 1.85 bits per heavy atom. The molecule has 0 atom stereocenters. The maximum Gasteiger partial charge on any atom is 0.151 e. The molecule has 0 spiro atoms. The van der Waals surface area contributed by atoms with E-state index in [1.165, 1.54) is 0 Å². The van der Waals surface area contributed by atoms with Gasteiger partial charge in [0.25, 0.3) is 0 Å². The van der Waals surface area contributed by atoms with E-state index in [1.54, 1.807) is 6.20 Å². The standard InChI is InChI=1S/C16H16N4/c1-10-11(2)16(17-3)20-19-15(10)13-6-4-5-12-7-8-18-9-14(12)13/h4-9H,1-3H3,(H,17,20). The van der Waals surface area contributed by atoms with Crippen LogP contribution in [-0.4, -0.2) is 22.2 Å². The van der Waals surface area contributed by atoms with Gasteiger partial charge in [0.05, 0.1) is 5.69 Å². The molecule has 2 heterocycles. The Morgan fingerprint density at radius 1 is 1.00 bits per heavy atom. The fourth-order valence-corrected chi connectivity index (χ4v) is 2.42. The maximum atomic E-state index is 4.39. The first-order chi connectivity index (χ1) is 9.72. The van der Waals surface area contributed by atoms with Crippen LogP contribution in [-0.2, 0) is 0 Å². The molecule has 4 heteroatoms. The van der Waals surface area contributed by atoms with Crippen molar-refractivity contribution >= 4 is 16.6 Å². The van der Waals surface area contributed by atoms with E-state index < -0.39 is 0 Å². The number of fused-ring (bicyclic) bond motifs is 1. The third-order valence-electron chi connectivity index (χ3n) is 3.70. The minimum absolute atomic E-state index is 0.824. The van der Waals surface area contributed by atoms with Gasteiger partial charge in [-0.15, -0.1) is 10.2 Å². The fourth-order valence-electron chi connectivity index (χ4n) is 2.42. The molecule has 0 aliphatic rings. The van der Waals surface area contributed by atoms with Crippen LogP contribution in [0.1, 0.15) is 11.1 Å². The molecule has 20 heavy (non-hydrogen) atoms. The van der Waals surface area contributed by atoms with E-state index in [4.69, 9.17) is 0 Å². The molecule has 4 nitrogen and oxygen atoms in total. The second kappa shape index (κ2) is 4.89. The highest BCUT2D eigenvalue weighted by Crippen LogP contribution is 2.30. The SMILES string of the molecule is CNc1nnc(-c2cccc3ccncc23)c(C)c1C. The Balaban J connectivity index is 2.29. The number of pyridine rings is 1. The Bertz CT molecular complexity index is 775. The molecule has 0 fully saturated rings. The van der Waals surface area contributed by atoms with E-state index in [1.807, 2.05) is 25.4 Å². The monoisotopic (exact) mass is 264 g/mol. The highest BCUT2D eigenvalue weighted by atomic mass is 15.2. The zero-order valence-corrected chi connectivity index (χ0v) is 11.8. The Morgan fingerprint density at radius 3 is 2.65 bits per heavy atom. The first-order valence-corrected chi connectivity index (χ1v) is 6.57. The van der Waals surface area contributed by atoms with E-state index in [-0.39, 0.29) is 0 Å². The van der Waals surface area contributed by atoms with E-state index in [0.29, 0.717) is 0 Å². The summed E-state index contributed by atoms with van der Waals surface area (Å²) in [7, 11) is 1.86. The lowest BCUT2D eigenvalue weighted by atomic mass is 9.99. The van der Waals surface area contributed by atoms with Crippen LogP contribution in [0, 0.1) is 13.8 Å². The zero-order chi connectivity index (χ0) is 14.1. The molecule has 0 aliphatic heterocycles. The topological polar surface area (TPSA) is 50.7 Å². The summed E-state index contributed by atoms with van der Waals surface area (Å²) in [5.74, 6) is 0.824. The Hall–Kier alpha value is -2.49. The van der Waals surface area contributed by atoms with Crippen molar-refractivity contribution in [3.63, 3.8) is 0 Å². The highest BCUT2D eigenvalue weighted by molar-refractivity contribution is 5.95. The smallest absolute Gasteiger partial charge is 0.151 e. The molecular formula is C16H16N4. The van der Waals surface area contributed by atoms with Crippen LogP contribution >= 0.6 is 0 Å². The second-order valence-electron chi connectivity index (χ2n) is 4.80. The van der Waals surface area contributed by atoms with Crippen molar-refractivity contribution in [3.05, 3.63) is 47.8 Å². The molecule has 1 N–H and O–H groups in total. The Labute approximate surface area is 117 Å². The van der Waals surface area contributed by atoms with Gasteiger partial charge < -0.3 is 5.32 Å². The van der Waals surface area contributed by atoms with Crippen LogP contribution in [0.15, 0.2) is 36.7 Å². The predicted octanol–water partition coefficient (Wildman–Crippen LogP) is 3.35. The van der Waals surface area contributed by atoms with Crippen LogP contribution in [0.3, 0.4) is 0 Å². The first-order valence-electron chi connectivity index (χ1n) is 6.57. The first kappa shape index (κ1) is 12.5. The summed E-state index contributed by atoms with van der Waals surface area (Å²) in [6.07, 6.45) is 3.69. The average molecular weight is 264 g/mol. The van der Waals surface area contributed by atoms with Gasteiger partial charge in [0.1, 0.15) is 0 Å². The van der Waals surface area contributed by atoms with Crippen molar-refractivity contribution in [1.29, 1.82) is 0 Å². The number of nitrogens with zero attached hydrogens (tertiary/aromatic N) is 3. The molecule has 0 saturated heterocycles. The van der Waals surface area contributed by atoms with E-state index in [2.05, 4.69) is 46.5 Å². The van der Waals surface area contributed by atoms with E-state index in [9.17, 15) is 0 Å². The van der Waals surface area contributed by atoms with Gasteiger partial charge in [-0.1, -0.05) is 18.2 Å².